The monoisotopic (exact) mass is 175 g/mol. The van der Waals surface area contributed by atoms with Crippen LogP contribution in [-0.4, -0.2) is 6.54 Å². The summed E-state index contributed by atoms with van der Waals surface area (Å²) in [5, 5.41) is 17.0. The molecular weight excluding hydrogens is 162 g/mol. The van der Waals surface area contributed by atoms with E-state index in [-0.39, 0.29) is 0 Å². The highest BCUT2D eigenvalue weighted by atomic mass is 14.5. The second kappa shape index (κ2) is 7.09. The topological polar surface area (TPSA) is 73.6 Å². The van der Waals surface area contributed by atoms with E-state index >= 15 is 0 Å². The van der Waals surface area contributed by atoms with Gasteiger partial charge in [-0.2, -0.15) is 10.5 Å². The van der Waals surface area contributed by atoms with Gasteiger partial charge < -0.3 is 5.73 Å². The van der Waals surface area contributed by atoms with Gasteiger partial charge in [-0.25, -0.2) is 0 Å². The molecule has 0 fully saturated rings. The third-order valence-corrected chi connectivity index (χ3v) is 1.43. The molecule has 0 aliphatic rings. The van der Waals surface area contributed by atoms with Crippen LogP contribution in [0, 0.1) is 22.7 Å². The Morgan fingerprint density at radius 3 is 2.62 bits per heavy atom. The summed E-state index contributed by atoms with van der Waals surface area (Å²) in [6, 6.07) is 4.05. The SMILES string of the molecule is C/C(C#N)=C\C(=C/CCN)CC#N. The average Bonchev–Trinajstić information content (AvgIpc) is 2.14. The first-order chi connectivity index (χ1) is 6.24. The van der Waals surface area contributed by atoms with Crippen LogP contribution in [0.4, 0.5) is 0 Å². The molecule has 0 amide bonds. The first kappa shape index (κ1) is 11.4. The smallest absolute Gasteiger partial charge is 0.0944 e. The van der Waals surface area contributed by atoms with Crippen molar-refractivity contribution in [1.82, 2.24) is 0 Å². The molecule has 0 atom stereocenters. The highest BCUT2D eigenvalue weighted by molar-refractivity contribution is 5.31. The summed E-state index contributed by atoms with van der Waals surface area (Å²) in [4.78, 5) is 0. The number of nitrogens with zero attached hydrogens (tertiary/aromatic N) is 2. The first-order valence-electron chi connectivity index (χ1n) is 4.09. The van der Waals surface area contributed by atoms with Gasteiger partial charge in [0.2, 0.25) is 0 Å². The van der Waals surface area contributed by atoms with E-state index in [0.717, 1.165) is 12.0 Å². The Labute approximate surface area is 78.8 Å². The number of hydrogen-bond acceptors (Lipinski definition) is 3. The van der Waals surface area contributed by atoms with Crippen molar-refractivity contribution in [2.24, 2.45) is 5.73 Å². The number of allylic oxidation sites excluding steroid dienone is 3. The van der Waals surface area contributed by atoms with E-state index in [0.29, 0.717) is 18.5 Å². The normalized spacial score (nSPS) is 12.0. The maximum Gasteiger partial charge on any atom is 0.0944 e. The zero-order valence-corrected chi connectivity index (χ0v) is 7.75. The quantitative estimate of drug-likeness (QED) is 0.521. The van der Waals surface area contributed by atoms with Crippen LogP contribution >= 0.6 is 0 Å². The zero-order chi connectivity index (χ0) is 10.1. The molecule has 0 unspecified atom stereocenters. The van der Waals surface area contributed by atoms with Crippen molar-refractivity contribution >= 4 is 0 Å². The molecule has 0 rings (SSSR count). The summed E-state index contributed by atoms with van der Waals surface area (Å²) in [7, 11) is 0. The lowest BCUT2D eigenvalue weighted by atomic mass is 10.1. The molecule has 2 N–H and O–H groups in total. The first-order valence-corrected chi connectivity index (χ1v) is 4.09. The van der Waals surface area contributed by atoms with E-state index in [4.69, 9.17) is 16.3 Å². The lowest BCUT2D eigenvalue weighted by molar-refractivity contribution is 0.994. The van der Waals surface area contributed by atoms with Gasteiger partial charge in [0, 0.05) is 5.57 Å². The van der Waals surface area contributed by atoms with Crippen LogP contribution in [0.5, 0.6) is 0 Å². The van der Waals surface area contributed by atoms with Gasteiger partial charge in [-0.3, -0.25) is 0 Å². The maximum atomic E-state index is 8.52. The van der Waals surface area contributed by atoms with E-state index < -0.39 is 0 Å². The highest BCUT2D eigenvalue weighted by Gasteiger charge is 1.93. The number of rotatable bonds is 4. The second-order valence-corrected chi connectivity index (χ2v) is 2.63. The van der Waals surface area contributed by atoms with Crippen LogP contribution in [0.2, 0.25) is 0 Å². The van der Waals surface area contributed by atoms with Crippen LogP contribution in [0.3, 0.4) is 0 Å². The number of nitriles is 2. The highest BCUT2D eigenvalue weighted by Crippen LogP contribution is 2.06. The van der Waals surface area contributed by atoms with Crippen LogP contribution in [-0.2, 0) is 0 Å². The van der Waals surface area contributed by atoms with Gasteiger partial charge in [-0.15, -0.1) is 0 Å². The Balaban J connectivity index is 4.46. The molecule has 0 aromatic heterocycles. The Kier molecular flexibility index (Phi) is 6.23. The fraction of sp³-hybridized carbons (Fsp3) is 0.400. The summed E-state index contributed by atoms with van der Waals surface area (Å²) in [5.41, 5.74) is 6.80. The van der Waals surface area contributed by atoms with E-state index in [2.05, 4.69) is 0 Å². The Hall–Kier alpha value is -1.58. The molecule has 0 aromatic rings. The fourth-order valence-corrected chi connectivity index (χ4v) is 0.853. The van der Waals surface area contributed by atoms with Gasteiger partial charge in [0.05, 0.1) is 18.6 Å². The lowest BCUT2D eigenvalue weighted by Gasteiger charge is -1.95. The molecule has 0 spiro atoms. The fourth-order valence-electron chi connectivity index (χ4n) is 0.853. The Morgan fingerprint density at radius 2 is 2.15 bits per heavy atom. The number of hydrogen-bond donors (Lipinski definition) is 1. The van der Waals surface area contributed by atoms with Gasteiger partial charge in [-0.05, 0) is 31.5 Å². The largest absolute Gasteiger partial charge is 0.330 e. The minimum Gasteiger partial charge on any atom is -0.330 e. The molecule has 0 heterocycles. The van der Waals surface area contributed by atoms with Crippen molar-refractivity contribution in [3.63, 3.8) is 0 Å². The van der Waals surface area contributed by atoms with Crippen molar-refractivity contribution in [3.8, 4) is 12.1 Å². The summed E-state index contributed by atoms with van der Waals surface area (Å²) in [6.45, 7) is 2.28. The van der Waals surface area contributed by atoms with Crippen molar-refractivity contribution in [1.29, 1.82) is 10.5 Å². The van der Waals surface area contributed by atoms with Crippen molar-refractivity contribution in [3.05, 3.63) is 23.3 Å². The minimum absolute atomic E-state index is 0.332. The lowest BCUT2D eigenvalue weighted by Crippen LogP contribution is -1.96. The maximum absolute atomic E-state index is 8.52. The third-order valence-electron chi connectivity index (χ3n) is 1.43. The molecule has 0 saturated heterocycles. The van der Waals surface area contributed by atoms with Gasteiger partial charge in [-0.1, -0.05) is 6.08 Å². The summed E-state index contributed by atoms with van der Waals surface area (Å²) in [6.07, 6.45) is 4.69. The van der Waals surface area contributed by atoms with Gasteiger partial charge in [0.1, 0.15) is 0 Å². The molecule has 68 valence electrons. The standard InChI is InChI=1S/C10H13N3/c1-9(8-13)7-10(4-6-12)3-2-5-11/h3,7H,2,4-5,11H2,1H3/b9-7+,10-3-. The van der Waals surface area contributed by atoms with Gasteiger partial charge in [0.15, 0.2) is 0 Å². The van der Waals surface area contributed by atoms with Crippen molar-refractivity contribution in [2.75, 3.05) is 6.54 Å². The molecular formula is C10H13N3. The molecule has 3 nitrogen and oxygen atoms in total. The van der Waals surface area contributed by atoms with Crippen LogP contribution < -0.4 is 5.73 Å². The van der Waals surface area contributed by atoms with Crippen LogP contribution in [0.1, 0.15) is 19.8 Å². The Morgan fingerprint density at radius 1 is 1.46 bits per heavy atom. The molecule has 13 heavy (non-hydrogen) atoms. The summed E-state index contributed by atoms with van der Waals surface area (Å²) < 4.78 is 0. The summed E-state index contributed by atoms with van der Waals surface area (Å²) >= 11 is 0. The van der Waals surface area contributed by atoms with Crippen molar-refractivity contribution in [2.45, 2.75) is 19.8 Å². The van der Waals surface area contributed by atoms with E-state index in [1.165, 1.54) is 0 Å². The molecule has 0 aliphatic heterocycles. The molecule has 0 radical (unpaired) electrons. The molecule has 0 aliphatic carbocycles. The third kappa shape index (κ3) is 5.66. The summed E-state index contributed by atoms with van der Waals surface area (Å²) in [5.74, 6) is 0. The minimum atomic E-state index is 0.332. The molecule has 3 heteroatoms. The Bertz CT molecular complexity index is 286. The molecule has 0 bridgehead atoms. The average molecular weight is 175 g/mol. The van der Waals surface area contributed by atoms with E-state index in [9.17, 15) is 0 Å². The molecule has 0 aromatic carbocycles. The van der Waals surface area contributed by atoms with Crippen molar-refractivity contribution < 1.29 is 0 Å². The van der Waals surface area contributed by atoms with Crippen LogP contribution in [0.25, 0.3) is 0 Å². The zero-order valence-electron chi connectivity index (χ0n) is 7.75. The van der Waals surface area contributed by atoms with Crippen LogP contribution in [0.15, 0.2) is 23.3 Å². The van der Waals surface area contributed by atoms with Gasteiger partial charge in [0.25, 0.3) is 0 Å². The van der Waals surface area contributed by atoms with E-state index in [1.54, 1.807) is 13.0 Å². The number of nitrogens with two attached hydrogens (primary N) is 1. The van der Waals surface area contributed by atoms with E-state index in [1.807, 2.05) is 18.2 Å². The van der Waals surface area contributed by atoms with Gasteiger partial charge >= 0.3 is 0 Å². The molecule has 0 saturated carbocycles. The predicted molar refractivity (Wildman–Crippen MR) is 51.4 cm³/mol. The predicted octanol–water partition coefficient (Wildman–Crippen LogP) is 1.65. The second-order valence-electron chi connectivity index (χ2n) is 2.63.